The Labute approximate surface area is 72.5 Å². The van der Waals surface area contributed by atoms with E-state index >= 15 is 0 Å². The van der Waals surface area contributed by atoms with Crippen molar-refractivity contribution in [2.75, 3.05) is 12.8 Å². The molecule has 0 fully saturated rings. The number of hydrogen-bond acceptors (Lipinski definition) is 3. The molecular weight excluding hydrogens is 175 g/mol. The van der Waals surface area contributed by atoms with Gasteiger partial charge in [0.1, 0.15) is 0 Å². The Morgan fingerprint density at radius 3 is 2.83 bits per heavy atom. The summed E-state index contributed by atoms with van der Waals surface area (Å²) in [5, 5.41) is 0.871. The first-order chi connectivity index (χ1) is 5.65. The molecule has 0 aromatic heterocycles. The van der Waals surface area contributed by atoms with E-state index in [1.54, 1.807) is 19.9 Å². The number of hydrogen-bond donors (Lipinski definition) is 0. The van der Waals surface area contributed by atoms with Crippen LogP contribution >= 0.6 is 7.77 Å². The van der Waals surface area contributed by atoms with Crippen LogP contribution in [0, 0.1) is 0 Å². The number of rotatable bonds is 3. The average Bonchev–Trinajstić information content (AvgIpc) is 2.67. The highest BCUT2D eigenvalue weighted by Crippen LogP contribution is 2.31. The molecule has 4 heteroatoms. The van der Waals surface area contributed by atoms with Gasteiger partial charge in [-0.25, -0.2) is 4.79 Å². The Hall–Kier alpha value is -0.660. The van der Waals surface area contributed by atoms with Gasteiger partial charge in [0.15, 0.2) is 11.5 Å². The lowest BCUT2D eigenvalue weighted by atomic mass is 10.2. The molecule has 3 nitrogen and oxygen atoms in total. The summed E-state index contributed by atoms with van der Waals surface area (Å²) in [6.45, 7) is 3.81. The summed E-state index contributed by atoms with van der Waals surface area (Å²) in [6.07, 6.45) is 2.31. The Balaban J connectivity index is 2.52. The second-order valence-corrected chi connectivity index (χ2v) is 4.22. The normalized spacial score (nSPS) is 19.4. The van der Waals surface area contributed by atoms with Gasteiger partial charge in [0, 0.05) is 5.57 Å². The van der Waals surface area contributed by atoms with Crippen molar-refractivity contribution in [2.24, 2.45) is 0 Å². The topological polar surface area (TPSA) is 49.4 Å². The Kier molecular flexibility index (Phi) is 3.01. The molecule has 1 atom stereocenters. The molecule has 0 spiro atoms. The molecule has 1 unspecified atom stereocenters. The van der Waals surface area contributed by atoms with Crippen molar-refractivity contribution in [3.05, 3.63) is 11.6 Å². The van der Waals surface area contributed by atoms with Crippen LogP contribution in [-0.4, -0.2) is 24.0 Å². The third-order valence-electron chi connectivity index (χ3n) is 1.50. The number of carbonyl (C=O) groups is 1. The smallest absolute Gasteiger partial charge is 0.333 e. The first-order valence-electron chi connectivity index (χ1n) is 3.81. The number of esters is 1. The van der Waals surface area contributed by atoms with Crippen molar-refractivity contribution in [1.29, 1.82) is 0 Å². The van der Waals surface area contributed by atoms with Crippen molar-refractivity contribution in [3.8, 4) is 0 Å². The van der Waals surface area contributed by atoms with Gasteiger partial charge < -0.3 is 9.63 Å². The largest absolute Gasteiger partial charge is 0.630 e. The molecular formula is C8H11O3P. The minimum atomic E-state index is -1.12. The van der Waals surface area contributed by atoms with E-state index in [0.29, 0.717) is 18.3 Å². The van der Waals surface area contributed by atoms with Crippen LogP contribution in [0.5, 0.6) is 0 Å². The molecule has 1 aliphatic heterocycles. The van der Waals surface area contributed by atoms with E-state index in [1.165, 1.54) is 0 Å². The minimum Gasteiger partial charge on any atom is -0.630 e. The second-order valence-electron chi connectivity index (χ2n) is 2.58. The van der Waals surface area contributed by atoms with Crippen LogP contribution in [0.2, 0.25) is 0 Å². The number of ether oxygens (including phenoxy) is 1. The first-order valence-corrected chi connectivity index (χ1v) is 5.25. The lowest BCUT2D eigenvalue weighted by Gasteiger charge is -1.98. The lowest BCUT2D eigenvalue weighted by Crippen LogP contribution is -2.05. The zero-order valence-corrected chi connectivity index (χ0v) is 8.06. The molecule has 1 rings (SSSR count). The number of carbonyl (C=O) groups excluding carboxylic acids is 1. The molecule has 0 aromatic rings. The SMILES string of the molecule is CCOC(=O)/C(C)=C/C1=[P+]([O-])C1. The van der Waals surface area contributed by atoms with Gasteiger partial charge in [-0.3, -0.25) is 0 Å². The molecule has 66 valence electrons. The molecule has 0 bridgehead atoms. The molecule has 12 heavy (non-hydrogen) atoms. The van der Waals surface area contributed by atoms with Gasteiger partial charge in [0.2, 0.25) is 0 Å². The van der Waals surface area contributed by atoms with E-state index in [1.807, 2.05) is 0 Å². The van der Waals surface area contributed by atoms with Crippen LogP contribution in [0.25, 0.3) is 0 Å². The van der Waals surface area contributed by atoms with Crippen LogP contribution in [-0.2, 0) is 9.53 Å². The van der Waals surface area contributed by atoms with Gasteiger partial charge in [-0.05, 0) is 19.9 Å². The van der Waals surface area contributed by atoms with Crippen molar-refractivity contribution in [1.82, 2.24) is 0 Å². The summed E-state index contributed by atoms with van der Waals surface area (Å²) in [7, 11) is -1.12. The van der Waals surface area contributed by atoms with Crippen LogP contribution in [0.1, 0.15) is 13.8 Å². The van der Waals surface area contributed by atoms with Crippen molar-refractivity contribution in [3.63, 3.8) is 0 Å². The van der Waals surface area contributed by atoms with Crippen molar-refractivity contribution >= 4 is 19.0 Å². The molecule has 0 aliphatic carbocycles. The quantitative estimate of drug-likeness (QED) is 0.365. The van der Waals surface area contributed by atoms with Gasteiger partial charge in [0.05, 0.1) is 14.4 Å². The summed E-state index contributed by atoms with van der Waals surface area (Å²) in [5.74, 6) is -0.319. The summed E-state index contributed by atoms with van der Waals surface area (Å²) < 4.78 is 4.75. The Morgan fingerprint density at radius 1 is 1.83 bits per heavy atom. The lowest BCUT2D eigenvalue weighted by molar-refractivity contribution is -0.149. The van der Waals surface area contributed by atoms with Gasteiger partial charge in [-0.15, -0.1) is 0 Å². The third kappa shape index (κ3) is 2.43. The Bertz CT molecular complexity index is 265. The highest BCUT2D eigenvalue weighted by atomic mass is 31.1. The molecule has 0 aromatic carbocycles. The van der Waals surface area contributed by atoms with Crippen LogP contribution in [0.3, 0.4) is 0 Å². The van der Waals surface area contributed by atoms with Crippen LogP contribution in [0.15, 0.2) is 11.6 Å². The summed E-state index contributed by atoms with van der Waals surface area (Å²) in [4.78, 5) is 21.7. The van der Waals surface area contributed by atoms with E-state index < -0.39 is 7.77 Å². The summed E-state index contributed by atoms with van der Waals surface area (Å²) >= 11 is 0. The second kappa shape index (κ2) is 3.83. The van der Waals surface area contributed by atoms with E-state index in [9.17, 15) is 9.69 Å². The van der Waals surface area contributed by atoms with Crippen LogP contribution in [0.4, 0.5) is 0 Å². The summed E-state index contributed by atoms with van der Waals surface area (Å²) in [5.41, 5.74) is 0.535. The van der Waals surface area contributed by atoms with E-state index in [-0.39, 0.29) is 5.97 Å². The highest BCUT2D eigenvalue weighted by Gasteiger charge is 2.26. The fourth-order valence-electron chi connectivity index (χ4n) is 0.783. The van der Waals surface area contributed by atoms with E-state index in [2.05, 4.69) is 0 Å². The predicted molar refractivity (Wildman–Crippen MR) is 47.2 cm³/mol. The molecule has 0 saturated heterocycles. The zero-order valence-electron chi connectivity index (χ0n) is 7.16. The van der Waals surface area contributed by atoms with Gasteiger partial charge in [0.25, 0.3) is 0 Å². The zero-order chi connectivity index (χ0) is 9.14. The van der Waals surface area contributed by atoms with Gasteiger partial charge in [-0.1, -0.05) is 0 Å². The van der Waals surface area contributed by atoms with Crippen molar-refractivity contribution < 1.29 is 14.4 Å². The molecule has 0 radical (unpaired) electrons. The number of allylic oxidation sites excluding steroid dienone is 1. The standard InChI is InChI=1S/C8H11O3P/c1-3-11-8(9)6(2)4-7-5-12(7)10/h4H,3,5H2,1-2H3/b6-4+. The summed E-state index contributed by atoms with van der Waals surface area (Å²) in [6, 6.07) is 0. The molecule has 0 N–H and O–H groups in total. The first kappa shape index (κ1) is 9.43. The van der Waals surface area contributed by atoms with Crippen LogP contribution < -0.4 is 4.89 Å². The predicted octanol–water partition coefficient (Wildman–Crippen LogP) is 0.439. The average molecular weight is 186 g/mol. The van der Waals surface area contributed by atoms with E-state index in [4.69, 9.17) is 4.74 Å². The fraction of sp³-hybridized carbons (Fsp3) is 0.500. The highest BCUT2D eigenvalue weighted by molar-refractivity contribution is 7.64. The van der Waals surface area contributed by atoms with E-state index in [0.717, 1.165) is 5.29 Å². The molecule has 1 heterocycles. The molecule has 1 aliphatic rings. The third-order valence-corrected chi connectivity index (χ3v) is 2.68. The Morgan fingerprint density at radius 2 is 2.42 bits per heavy atom. The monoisotopic (exact) mass is 186 g/mol. The maximum absolute atomic E-state index is 11.0. The molecule has 0 saturated carbocycles. The van der Waals surface area contributed by atoms with Crippen molar-refractivity contribution in [2.45, 2.75) is 13.8 Å². The van der Waals surface area contributed by atoms with Gasteiger partial charge in [-0.2, -0.15) is 0 Å². The maximum Gasteiger partial charge on any atom is 0.333 e. The van der Waals surface area contributed by atoms with Gasteiger partial charge >= 0.3 is 5.97 Å². The fourth-order valence-corrected chi connectivity index (χ4v) is 1.61. The maximum atomic E-state index is 11.0. The minimum absolute atomic E-state index is 0.319. The molecule has 0 amide bonds.